The van der Waals surface area contributed by atoms with E-state index in [1.54, 1.807) is 11.3 Å². The summed E-state index contributed by atoms with van der Waals surface area (Å²) in [4.78, 5) is 1.11. The number of hydrogen-bond acceptors (Lipinski definition) is 3. The monoisotopic (exact) mass is 283 g/mol. The minimum Gasteiger partial charge on any atom is -0.355 e. The van der Waals surface area contributed by atoms with Crippen LogP contribution >= 0.6 is 11.3 Å². The normalized spacial score (nSPS) is 11.8. The Morgan fingerprint density at radius 3 is 2.40 bits per heavy atom. The van der Waals surface area contributed by atoms with Crippen LogP contribution in [0.4, 0.5) is 0 Å². The van der Waals surface area contributed by atoms with Gasteiger partial charge in [-0.3, -0.25) is 0 Å². The van der Waals surface area contributed by atoms with E-state index in [1.807, 2.05) is 23.6 Å². The third-order valence-corrected chi connectivity index (χ3v) is 4.21. The minimum absolute atomic E-state index is 0.171. The summed E-state index contributed by atoms with van der Waals surface area (Å²) in [7, 11) is 0. The molecule has 1 aromatic carbocycles. The van der Waals surface area contributed by atoms with E-state index in [2.05, 4.69) is 50.2 Å². The quantitative estimate of drug-likeness (QED) is 0.632. The molecule has 0 amide bonds. The molecule has 2 aromatic heterocycles. The second-order valence-corrected chi connectivity index (χ2v) is 6.83. The van der Waals surface area contributed by atoms with E-state index < -0.39 is 0 Å². The molecular weight excluding hydrogens is 266 g/mol. The summed E-state index contributed by atoms with van der Waals surface area (Å²) < 4.78 is 5.42. The molecular formula is C17H17NOS. The summed E-state index contributed by atoms with van der Waals surface area (Å²) in [6.07, 6.45) is 0. The average molecular weight is 283 g/mol. The van der Waals surface area contributed by atoms with Crippen molar-refractivity contribution in [1.82, 2.24) is 5.16 Å². The Kier molecular flexibility index (Phi) is 3.22. The van der Waals surface area contributed by atoms with Crippen LogP contribution in [-0.4, -0.2) is 5.16 Å². The first-order valence-electron chi connectivity index (χ1n) is 6.65. The molecule has 2 heterocycles. The highest BCUT2D eigenvalue weighted by Crippen LogP contribution is 2.30. The molecule has 0 N–H and O–H groups in total. The molecule has 0 radical (unpaired) electrons. The summed E-state index contributed by atoms with van der Waals surface area (Å²) in [5.74, 6) is 0.829. The van der Waals surface area contributed by atoms with Crippen molar-refractivity contribution in [2.45, 2.75) is 26.2 Å². The highest BCUT2D eigenvalue weighted by atomic mass is 32.1. The van der Waals surface area contributed by atoms with E-state index in [0.29, 0.717) is 0 Å². The molecule has 0 fully saturated rings. The first-order chi connectivity index (χ1) is 9.54. The van der Waals surface area contributed by atoms with Crippen LogP contribution in [0.25, 0.3) is 21.9 Å². The van der Waals surface area contributed by atoms with Crippen LogP contribution < -0.4 is 0 Å². The van der Waals surface area contributed by atoms with Crippen LogP contribution in [0, 0.1) is 0 Å². The van der Waals surface area contributed by atoms with Crippen molar-refractivity contribution in [1.29, 1.82) is 0 Å². The first kappa shape index (κ1) is 13.1. The fourth-order valence-corrected chi connectivity index (χ4v) is 2.76. The Balaban J connectivity index is 1.90. The number of aromatic nitrogens is 1. The SMILES string of the molecule is CC(C)(C)c1ccc(-c2cc(-c3cccs3)on2)cc1. The molecule has 3 rings (SSSR count). The summed E-state index contributed by atoms with van der Waals surface area (Å²) in [6, 6.07) is 14.6. The van der Waals surface area contributed by atoms with E-state index in [-0.39, 0.29) is 5.41 Å². The molecule has 0 unspecified atom stereocenters. The van der Waals surface area contributed by atoms with Crippen molar-refractivity contribution < 1.29 is 4.52 Å². The first-order valence-corrected chi connectivity index (χ1v) is 7.53. The number of nitrogens with zero attached hydrogens (tertiary/aromatic N) is 1. The molecule has 0 saturated heterocycles. The van der Waals surface area contributed by atoms with E-state index in [4.69, 9.17) is 4.52 Å². The Bertz CT molecular complexity index is 687. The highest BCUT2D eigenvalue weighted by molar-refractivity contribution is 7.13. The fraction of sp³-hybridized carbons (Fsp3) is 0.235. The molecule has 3 aromatic rings. The lowest BCUT2D eigenvalue weighted by atomic mass is 9.86. The average Bonchev–Trinajstić information content (AvgIpc) is 3.09. The number of hydrogen-bond donors (Lipinski definition) is 0. The molecule has 3 heteroatoms. The third-order valence-electron chi connectivity index (χ3n) is 3.32. The van der Waals surface area contributed by atoms with Gasteiger partial charge < -0.3 is 4.52 Å². The number of thiophene rings is 1. The van der Waals surface area contributed by atoms with Gasteiger partial charge in [-0.25, -0.2) is 0 Å². The zero-order chi connectivity index (χ0) is 14.2. The van der Waals surface area contributed by atoms with Crippen molar-refractivity contribution >= 4 is 11.3 Å². The van der Waals surface area contributed by atoms with Crippen LogP contribution in [0.2, 0.25) is 0 Å². The van der Waals surface area contributed by atoms with E-state index in [0.717, 1.165) is 21.9 Å². The molecule has 2 nitrogen and oxygen atoms in total. The second-order valence-electron chi connectivity index (χ2n) is 5.88. The predicted molar refractivity (Wildman–Crippen MR) is 84.0 cm³/mol. The molecule has 0 aliphatic heterocycles. The van der Waals surface area contributed by atoms with Crippen LogP contribution in [0.3, 0.4) is 0 Å². The van der Waals surface area contributed by atoms with Gasteiger partial charge in [0.2, 0.25) is 0 Å². The van der Waals surface area contributed by atoms with Gasteiger partial charge in [0, 0.05) is 11.6 Å². The van der Waals surface area contributed by atoms with Crippen molar-refractivity contribution in [3.05, 3.63) is 53.4 Å². The Morgan fingerprint density at radius 2 is 1.80 bits per heavy atom. The van der Waals surface area contributed by atoms with Crippen molar-refractivity contribution in [2.24, 2.45) is 0 Å². The van der Waals surface area contributed by atoms with E-state index >= 15 is 0 Å². The van der Waals surface area contributed by atoms with E-state index in [1.165, 1.54) is 5.56 Å². The number of rotatable bonds is 2. The maximum absolute atomic E-state index is 5.42. The van der Waals surface area contributed by atoms with Crippen LogP contribution in [0.15, 0.2) is 52.4 Å². The fourth-order valence-electron chi connectivity index (χ4n) is 2.09. The third kappa shape index (κ3) is 2.54. The van der Waals surface area contributed by atoms with Crippen molar-refractivity contribution in [3.63, 3.8) is 0 Å². The maximum Gasteiger partial charge on any atom is 0.177 e. The second kappa shape index (κ2) is 4.91. The Labute approximate surface area is 123 Å². The zero-order valence-electron chi connectivity index (χ0n) is 11.9. The van der Waals surface area contributed by atoms with Gasteiger partial charge in [-0.1, -0.05) is 56.3 Å². The highest BCUT2D eigenvalue weighted by Gasteiger charge is 2.14. The van der Waals surface area contributed by atoms with Gasteiger partial charge in [0.15, 0.2) is 5.76 Å². The maximum atomic E-state index is 5.42. The molecule has 102 valence electrons. The van der Waals surface area contributed by atoms with E-state index in [9.17, 15) is 0 Å². The van der Waals surface area contributed by atoms with Gasteiger partial charge in [-0.15, -0.1) is 11.3 Å². The van der Waals surface area contributed by atoms with Gasteiger partial charge in [-0.2, -0.15) is 0 Å². The number of benzene rings is 1. The van der Waals surface area contributed by atoms with Crippen molar-refractivity contribution in [3.8, 4) is 21.9 Å². The van der Waals surface area contributed by atoms with Gasteiger partial charge in [-0.05, 0) is 22.4 Å². The molecule has 0 aliphatic rings. The van der Waals surface area contributed by atoms with Gasteiger partial charge in [0.1, 0.15) is 5.69 Å². The smallest absolute Gasteiger partial charge is 0.177 e. The lowest BCUT2D eigenvalue weighted by molar-refractivity contribution is 0.436. The van der Waals surface area contributed by atoms with Crippen LogP contribution in [-0.2, 0) is 5.41 Å². The van der Waals surface area contributed by atoms with Gasteiger partial charge in [0.05, 0.1) is 4.88 Å². The lowest BCUT2D eigenvalue weighted by Crippen LogP contribution is -2.10. The minimum atomic E-state index is 0.171. The van der Waals surface area contributed by atoms with Gasteiger partial charge >= 0.3 is 0 Å². The lowest BCUT2D eigenvalue weighted by Gasteiger charge is -2.18. The molecule has 0 spiro atoms. The Morgan fingerprint density at radius 1 is 1.05 bits per heavy atom. The predicted octanol–water partition coefficient (Wildman–Crippen LogP) is 5.37. The molecule has 20 heavy (non-hydrogen) atoms. The summed E-state index contributed by atoms with van der Waals surface area (Å²) >= 11 is 1.66. The topological polar surface area (TPSA) is 26.0 Å². The Hall–Kier alpha value is -1.87. The van der Waals surface area contributed by atoms with Crippen LogP contribution in [0.5, 0.6) is 0 Å². The molecule has 0 aliphatic carbocycles. The van der Waals surface area contributed by atoms with Crippen LogP contribution in [0.1, 0.15) is 26.3 Å². The van der Waals surface area contributed by atoms with Gasteiger partial charge in [0.25, 0.3) is 0 Å². The largest absolute Gasteiger partial charge is 0.355 e. The summed E-state index contributed by atoms with van der Waals surface area (Å²) in [5.41, 5.74) is 3.46. The summed E-state index contributed by atoms with van der Waals surface area (Å²) in [5, 5.41) is 6.20. The standard InChI is InChI=1S/C17H17NOS/c1-17(2,3)13-8-6-12(7-9-13)14-11-15(19-18-14)16-5-4-10-20-16/h4-11H,1-3H3. The molecule has 0 saturated carbocycles. The molecule has 0 atom stereocenters. The van der Waals surface area contributed by atoms with Crippen molar-refractivity contribution in [2.75, 3.05) is 0 Å². The zero-order valence-corrected chi connectivity index (χ0v) is 12.7. The molecule has 0 bridgehead atoms. The summed E-state index contributed by atoms with van der Waals surface area (Å²) in [6.45, 7) is 6.65.